The van der Waals surface area contributed by atoms with Crippen molar-refractivity contribution in [2.45, 2.75) is 46.5 Å². The normalized spacial score (nSPS) is 19.2. The van der Waals surface area contributed by atoms with Crippen molar-refractivity contribution < 1.29 is 9.63 Å². The van der Waals surface area contributed by atoms with E-state index in [-0.39, 0.29) is 0 Å². The molecule has 1 saturated carbocycles. The zero-order valence-electron chi connectivity index (χ0n) is 13.7. The monoisotopic (exact) mass is 299 g/mol. The Morgan fingerprint density at radius 2 is 1.82 bits per heavy atom. The molecule has 0 amide bonds. The van der Waals surface area contributed by atoms with Crippen LogP contribution in [-0.2, 0) is 9.63 Å². The van der Waals surface area contributed by atoms with Crippen molar-refractivity contribution in [2.24, 2.45) is 16.5 Å². The summed E-state index contributed by atoms with van der Waals surface area (Å²) in [6.07, 6.45) is 7.26. The maximum absolute atomic E-state index is 11.7. The molecule has 0 aliphatic heterocycles. The highest BCUT2D eigenvalue weighted by Crippen LogP contribution is 2.36. The minimum atomic E-state index is -0.422. The first-order chi connectivity index (χ1) is 10.4. The number of rotatable bonds is 3. The summed E-state index contributed by atoms with van der Waals surface area (Å²) in [6, 6.07) is 9.67. The molecule has 0 bridgehead atoms. The summed E-state index contributed by atoms with van der Waals surface area (Å²) in [6.45, 7) is 6.86. The lowest BCUT2D eigenvalue weighted by Gasteiger charge is -2.33. The predicted octanol–water partition coefficient (Wildman–Crippen LogP) is 4.84. The number of hydrogen-bond acceptors (Lipinski definition) is 3. The highest BCUT2D eigenvalue weighted by atomic mass is 16.7. The summed E-state index contributed by atoms with van der Waals surface area (Å²) < 4.78 is 0. The molecular weight excluding hydrogens is 274 g/mol. The van der Waals surface area contributed by atoms with Crippen LogP contribution in [0.15, 0.2) is 41.6 Å². The highest BCUT2D eigenvalue weighted by molar-refractivity contribution is 5.89. The molecule has 3 nitrogen and oxygen atoms in total. The maximum atomic E-state index is 11.7. The third kappa shape index (κ3) is 5.14. The molecule has 0 spiro atoms. The highest BCUT2D eigenvalue weighted by Gasteiger charge is 2.28. The van der Waals surface area contributed by atoms with Gasteiger partial charge < -0.3 is 4.84 Å². The molecule has 0 saturated heterocycles. The Balaban J connectivity index is 1.80. The standard InChI is InChI=1S/C19H25NO2/c1-19(2,3)16-10-12-17(13-11-16)20-22-18(21)14-9-15-7-5-4-6-8-15/h4-9,14,16H,10-13H2,1-3H3. The van der Waals surface area contributed by atoms with E-state index in [0.29, 0.717) is 5.41 Å². The minimum Gasteiger partial charge on any atom is -0.314 e. The summed E-state index contributed by atoms with van der Waals surface area (Å²) in [5.74, 6) is 0.300. The van der Waals surface area contributed by atoms with Gasteiger partial charge in [0.1, 0.15) is 0 Å². The second-order valence-corrected chi connectivity index (χ2v) is 6.95. The van der Waals surface area contributed by atoms with Gasteiger partial charge in [-0.05, 0) is 48.7 Å². The van der Waals surface area contributed by atoms with Gasteiger partial charge in [0.15, 0.2) is 0 Å². The summed E-state index contributed by atoms with van der Waals surface area (Å²) >= 11 is 0. The van der Waals surface area contributed by atoms with Gasteiger partial charge in [0.05, 0.1) is 5.71 Å². The topological polar surface area (TPSA) is 38.7 Å². The first kappa shape index (κ1) is 16.5. The Morgan fingerprint density at radius 1 is 1.18 bits per heavy atom. The van der Waals surface area contributed by atoms with Crippen LogP contribution in [0.4, 0.5) is 0 Å². The summed E-state index contributed by atoms with van der Waals surface area (Å²) in [7, 11) is 0. The van der Waals surface area contributed by atoms with Gasteiger partial charge in [0.25, 0.3) is 0 Å². The zero-order valence-corrected chi connectivity index (χ0v) is 13.7. The van der Waals surface area contributed by atoms with Gasteiger partial charge in [-0.2, -0.15) is 0 Å². The molecule has 3 heteroatoms. The van der Waals surface area contributed by atoms with Gasteiger partial charge in [0, 0.05) is 6.08 Å². The van der Waals surface area contributed by atoms with E-state index in [0.717, 1.165) is 42.9 Å². The van der Waals surface area contributed by atoms with Crippen LogP contribution in [0, 0.1) is 11.3 Å². The largest absolute Gasteiger partial charge is 0.358 e. The molecule has 0 radical (unpaired) electrons. The van der Waals surface area contributed by atoms with Gasteiger partial charge in [0.2, 0.25) is 0 Å². The Hall–Kier alpha value is -1.90. The molecule has 1 fully saturated rings. The van der Waals surface area contributed by atoms with Crippen LogP contribution in [-0.4, -0.2) is 11.7 Å². The second-order valence-electron chi connectivity index (χ2n) is 6.95. The van der Waals surface area contributed by atoms with Crippen LogP contribution in [0.1, 0.15) is 52.0 Å². The molecular formula is C19H25NO2. The van der Waals surface area contributed by atoms with Crippen LogP contribution >= 0.6 is 0 Å². The van der Waals surface area contributed by atoms with E-state index in [9.17, 15) is 4.79 Å². The van der Waals surface area contributed by atoms with E-state index in [2.05, 4.69) is 25.9 Å². The Bertz CT molecular complexity index is 543. The van der Waals surface area contributed by atoms with Gasteiger partial charge in [-0.15, -0.1) is 0 Å². The van der Waals surface area contributed by atoms with E-state index >= 15 is 0 Å². The summed E-state index contributed by atoms with van der Waals surface area (Å²) in [4.78, 5) is 16.7. The summed E-state index contributed by atoms with van der Waals surface area (Å²) in [5, 5.41) is 4.03. The van der Waals surface area contributed by atoms with Crippen molar-refractivity contribution in [3.63, 3.8) is 0 Å². The van der Waals surface area contributed by atoms with Crippen LogP contribution < -0.4 is 0 Å². The minimum absolute atomic E-state index is 0.348. The fourth-order valence-corrected chi connectivity index (χ4v) is 2.78. The van der Waals surface area contributed by atoms with Crippen LogP contribution in [0.25, 0.3) is 6.08 Å². The van der Waals surface area contributed by atoms with Crippen LogP contribution in [0.3, 0.4) is 0 Å². The lowest BCUT2D eigenvalue weighted by Crippen LogP contribution is -2.26. The molecule has 22 heavy (non-hydrogen) atoms. The van der Waals surface area contributed by atoms with E-state index in [4.69, 9.17) is 4.84 Å². The lowest BCUT2D eigenvalue weighted by atomic mass is 9.72. The van der Waals surface area contributed by atoms with Crippen LogP contribution in [0.5, 0.6) is 0 Å². The van der Waals surface area contributed by atoms with Gasteiger partial charge >= 0.3 is 5.97 Å². The number of hydrogen-bond donors (Lipinski definition) is 0. The molecule has 1 aliphatic carbocycles. The van der Waals surface area contributed by atoms with Crippen LogP contribution in [0.2, 0.25) is 0 Å². The van der Waals surface area contributed by atoms with Crippen molar-refractivity contribution in [3.8, 4) is 0 Å². The van der Waals surface area contributed by atoms with E-state index in [1.165, 1.54) is 6.08 Å². The third-order valence-corrected chi connectivity index (χ3v) is 4.26. The molecule has 2 rings (SSSR count). The summed E-state index contributed by atoms with van der Waals surface area (Å²) in [5.41, 5.74) is 2.32. The average Bonchev–Trinajstić information content (AvgIpc) is 2.51. The molecule has 1 aromatic carbocycles. The molecule has 118 valence electrons. The smallest absolute Gasteiger partial charge is 0.314 e. The molecule has 1 aliphatic rings. The van der Waals surface area contributed by atoms with Gasteiger partial charge in [-0.3, -0.25) is 0 Å². The average molecular weight is 299 g/mol. The lowest BCUT2D eigenvalue weighted by molar-refractivity contribution is -0.137. The number of carbonyl (C=O) groups excluding carboxylic acids is 1. The van der Waals surface area contributed by atoms with Gasteiger partial charge in [-0.1, -0.05) is 56.3 Å². The molecule has 0 heterocycles. The number of nitrogens with zero attached hydrogens (tertiary/aromatic N) is 1. The first-order valence-corrected chi connectivity index (χ1v) is 7.95. The Kier molecular flexibility index (Phi) is 5.53. The molecule has 0 unspecified atom stereocenters. The number of benzene rings is 1. The van der Waals surface area contributed by atoms with Crippen molar-refractivity contribution >= 4 is 17.8 Å². The Morgan fingerprint density at radius 3 is 2.41 bits per heavy atom. The Labute approximate surface area is 133 Å². The predicted molar refractivity (Wildman–Crippen MR) is 90.4 cm³/mol. The number of oxime groups is 1. The van der Waals surface area contributed by atoms with E-state index < -0.39 is 5.97 Å². The molecule has 0 atom stereocenters. The first-order valence-electron chi connectivity index (χ1n) is 7.95. The van der Waals surface area contributed by atoms with E-state index in [1.54, 1.807) is 6.08 Å². The molecule has 1 aromatic rings. The van der Waals surface area contributed by atoms with E-state index in [1.807, 2.05) is 30.3 Å². The third-order valence-electron chi connectivity index (χ3n) is 4.26. The SMILES string of the molecule is CC(C)(C)C1CCC(=NOC(=O)C=Cc2ccccc2)CC1. The van der Waals surface area contributed by atoms with Gasteiger partial charge in [-0.25, -0.2) is 4.79 Å². The second kappa shape index (κ2) is 7.39. The number of carbonyl (C=O) groups is 1. The fraction of sp³-hybridized carbons (Fsp3) is 0.474. The molecule has 0 aromatic heterocycles. The quantitative estimate of drug-likeness (QED) is 0.455. The van der Waals surface area contributed by atoms with Crippen molar-refractivity contribution in [1.29, 1.82) is 0 Å². The maximum Gasteiger partial charge on any atom is 0.358 e. The molecule has 0 N–H and O–H groups in total. The van der Waals surface area contributed by atoms with Crippen molar-refractivity contribution in [1.82, 2.24) is 0 Å². The van der Waals surface area contributed by atoms with Crippen molar-refractivity contribution in [3.05, 3.63) is 42.0 Å². The van der Waals surface area contributed by atoms with Crippen molar-refractivity contribution in [2.75, 3.05) is 0 Å². The fourth-order valence-electron chi connectivity index (χ4n) is 2.78. The zero-order chi connectivity index (χ0) is 16.0.